The fourth-order valence-corrected chi connectivity index (χ4v) is 7.14. The summed E-state index contributed by atoms with van der Waals surface area (Å²) in [4.78, 5) is 39.9. The van der Waals surface area contributed by atoms with E-state index in [4.69, 9.17) is 18.9 Å². The number of amides is 1. The Bertz CT molecular complexity index is 1850. The topological polar surface area (TPSA) is 213 Å². The van der Waals surface area contributed by atoms with Gasteiger partial charge < -0.3 is 55.1 Å². The van der Waals surface area contributed by atoms with Gasteiger partial charge in [-0.05, 0) is 27.0 Å². The summed E-state index contributed by atoms with van der Waals surface area (Å²) in [6.45, 7) is 12.5. The van der Waals surface area contributed by atoms with E-state index in [0.29, 0.717) is 0 Å². The Morgan fingerprint density at radius 2 is 1.62 bits per heavy atom. The number of anilines is 1. The number of methoxy groups -OCH3 is 1. The molecule has 5 rings (SSSR count). The third-order valence-corrected chi connectivity index (χ3v) is 10.4. The van der Waals surface area contributed by atoms with Gasteiger partial charge in [-0.1, -0.05) is 45.9 Å². The molecular weight excluding hydrogens is 688 g/mol. The highest BCUT2D eigenvalue weighted by Gasteiger charge is 2.50. The van der Waals surface area contributed by atoms with Gasteiger partial charge in [0, 0.05) is 73.3 Å². The molecule has 0 aromatic heterocycles. The maximum Gasteiger partial charge on any atom is 0.312 e. The van der Waals surface area contributed by atoms with Crippen LogP contribution in [0.25, 0.3) is 10.8 Å². The highest BCUT2D eigenvalue weighted by molar-refractivity contribution is 6.22. The van der Waals surface area contributed by atoms with E-state index in [2.05, 4.69) is 10.6 Å². The number of carbonyl (C=O) groups is 3. The van der Waals surface area contributed by atoms with Crippen LogP contribution >= 0.6 is 0 Å². The number of rotatable bonds is 4. The first-order valence-corrected chi connectivity index (χ1v) is 17.5. The Morgan fingerprint density at radius 1 is 0.962 bits per heavy atom. The molecule has 3 aliphatic heterocycles. The number of benzene rings is 2. The minimum absolute atomic E-state index is 0.0362. The van der Waals surface area contributed by atoms with Crippen molar-refractivity contribution >= 4 is 34.1 Å². The predicted molar refractivity (Wildman–Crippen MR) is 197 cm³/mol. The molecule has 0 aliphatic carbocycles. The molecule has 3 heterocycles. The number of Topliss-reactive ketones (excluding diaryl/α,β-unsaturated/α-hetero) is 1. The molecule has 0 spiro atoms. The summed E-state index contributed by atoms with van der Waals surface area (Å²) >= 11 is 0. The van der Waals surface area contributed by atoms with Gasteiger partial charge in [-0.2, -0.15) is 0 Å². The van der Waals surface area contributed by atoms with Gasteiger partial charge in [0.1, 0.15) is 23.4 Å². The van der Waals surface area contributed by atoms with Crippen molar-refractivity contribution < 1.29 is 58.9 Å². The van der Waals surface area contributed by atoms with E-state index in [-0.39, 0.29) is 51.0 Å². The van der Waals surface area contributed by atoms with Crippen LogP contribution in [0.1, 0.15) is 70.0 Å². The molecule has 1 amide bonds. The number of nitrogens with one attached hydrogen (secondary N) is 2. The zero-order valence-electron chi connectivity index (χ0n) is 31.8. The van der Waals surface area contributed by atoms with Crippen LogP contribution in [0.3, 0.4) is 0 Å². The second kappa shape index (κ2) is 16.2. The molecule has 9 atom stereocenters. The van der Waals surface area contributed by atoms with Gasteiger partial charge in [-0.25, -0.2) is 0 Å². The summed E-state index contributed by atoms with van der Waals surface area (Å²) < 4.78 is 23.4. The van der Waals surface area contributed by atoms with Crippen molar-refractivity contribution in [2.45, 2.75) is 92.1 Å². The Labute approximate surface area is 309 Å². The highest BCUT2D eigenvalue weighted by atomic mass is 16.7. The standard InChI is InChI=1S/C39H52N2O12/c1-17-12-11-13-18(2)38(49)41-29-24(16-40-9)33(46)26-27(34(29)47)32(45)22(6)36-28(26)37(48)39(8,53-36)51-15-14-25(50-10)19(3)35(52-23(7)42)21(5)31(44)20(4)30(17)43/h11-15,17,19-21,25,30-31,35,40,43-47H,16H2,1-10H3,(H,41,49)/b12-11+,15-14+,18-13-. The maximum atomic E-state index is 14.2. The number of aliphatic hydroxyl groups is 2. The van der Waals surface area contributed by atoms with Crippen LogP contribution in [0.2, 0.25) is 0 Å². The number of carbonyl (C=O) groups excluding carboxylic acids is 3. The molecule has 290 valence electrons. The smallest absolute Gasteiger partial charge is 0.312 e. The number of hydrogen-bond donors (Lipinski definition) is 7. The number of aromatic hydroxyl groups is 3. The Kier molecular flexibility index (Phi) is 12.5. The first kappa shape index (κ1) is 41.1. The third kappa shape index (κ3) is 7.72. The molecule has 0 saturated carbocycles. The lowest BCUT2D eigenvalue weighted by Crippen LogP contribution is -2.46. The fraction of sp³-hybridized carbons (Fsp3) is 0.513. The van der Waals surface area contributed by atoms with Crippen LogP contribution in [-0.4, -0.2) is 87.6 Å². The summed E-state index contributed by atoms with van der Waals surface area (Å²) in [6.07, 6.45) is 3.62. The van der Waals surface area contributed by atoms with Gasteiger partial charge in [0.2, 0.25) is 0 Å². The van der Waals surface area contributed by atoms with Gasteiger partial charge in [0.05, 0.1) is 41.2 Å². The highest BCUT2D eigenvalue weighted by Crippen LogP contribution is 2.55. The Morgan fingerprint density at radius 3 is 2.23 bits per heavy atom. The van der Waals surface area contributed by atoms with Crippen LogP contribution < -0.4 is 15.4 Å². The number of fused-ring (bicyclic) bond motifs is 14. The second-order valence-electron chi connectivity index (χ2n) is 14.2. The third-order valence-electron chi connectivity index (χ3n) is 10.4. The Hall–Kier alpha value is -4.63. The quantitative estimate of drug-likeness (QED) is 0.131. The SMILES string of the molecule is CNCc1c2c(O)c3c(O)c(C)c4c(c3c1O)C(=O)C(C)(O/C=C/C(OC)C(C)C(OC(C)=O)C(C)C(O)C(C)C(O)C(C)/C=C/C=C(/C)C(=O)N2)O4. The molecule has 0 saturated heterocycles. The molecule has 3 aliphatic rings. The van der Waals surface area contributed by atoms with E-state index in [1.54, 1.807) is 46.9 Å². The number of ether oxygens (including phenoxy) is 4. The molecular formula is C39H52N2O12. The van der Waals surface area contributed by atoms with Crippen molar-refractivity contribution in [2.75, 3.05) is 19.5 Å². The lowest BCUT2D eigenvalue weighted by Gasteiger charge is -2.38. The minimum Gasteiger partial charge on any atom is -0.507 e. The van der Waals surface area contributed by atoms with Crippen molar-refractivity contribution in [1.29, 1.82) is 0 Å². The average molecular weight is 741 g/mol. The van der Waals surface area contributed by atoms with Gasteiger partial charge in [-0.15, -0.1) is 0 Å². The van der Waals surface area contributed by atoms with E-state index in [9.17, 15) is 39.9 Å². The fourth-order valence-electron chi connectivity index (χ4n) is 7.14. The van der Waals surface area contributed by atoms with Crippen LogP contribution in [0.4, 0.5) is 5.69 Å². The van der Waals surface area contributed by atoms with Crippen LogP contribution in [0.15, 0.2) is 36.1 Å². The van der Waals surface area contributed by atoms with Gasteiger partial charge in [0.25, 0.3) is 11.7 Å². The monoisotopic (exact) mass is 740 g/mol. The zero-order chi connectivity index (χ0) is 39.7. The first-order valence-electron chi connectivity index (χ1n) is 17.5. The summed E-state index contributed by atoms with van der Waals surface area (Å²) in [5.41, 5.74) is -0.0314. The summed E-state index contributed by atoms with van der Waals surface area (Å²) in [5.74, 6) is -8.02. The molecule has 7 N–H and O–H groups in total. The molecule has 0 radical (unpaired) electrons. The number of ketones is 1. The molecule has 9 unspecified atom stereocenters. The van der Waals surface area contributed by atoms with Crippen molar-refractivity contribution in [3.8, 4) is 23.0 Å². The van der Waals surface area contributed by atoms with Gasteiger partial charge >= 0.3 is 11.8 Å². The van der Waals surface area contributed by atoms with Crippen molar-refractivity contribution in [1.82, 2.24) is 5.32 Å². The number of esters is 1. The molecule has 0 fully saturated rings. The van der Waals surface area contributed by atoms with Crippen molar-refractivity contribution in [3.05, 3.63) is 52.8 Å². The maximum absolute atomic E-state index is 14.2. The van der Waals surface area contributed by atoms with Crippen molar-refractivity contribution in [3.63, 3.8) is 0 Å². The zero-order valence-corrected chi connectivity index (χ0v) is 31.8. The van der Waals surface area contributed by atoms with Gasteiger partial charge in [0.15, 0.2) is 5.75 Å². The lowest BCUT2D eigenvalue weighted by molar-refractivity contribution is -0.160. The number of phenols is 3. The van der Waals surface area contributed by atoms with E-state index in [0.717, 1.165) is 0 Å². The summed E-state index contributed by atoms with van der Waals surface area (Å²) in [7, 11) is 3.02. The minimum atomic E-state index is -2.01. The molecule has 2 aromatic carbocycles. The van der Waals surface area contributed by atoms with E-state index in [1.165, 1.54) is 53.2 Å². The number of phenolic OH excluding ortho intramolecular Hbond substituents is 3. The Balaban J connectivity index is 1.94. The molecule has 14 heteroatoms. The van der Waals surface area contributed by atoms with Crippen LogP contribution in [0.5, 0.6) is 23.0 Å². The normalized spacial score (nSPS) is 32.0. The number of aliphatic hydroxyl groups excluding tert-OH is 2. The lowest BCUT2D eigenvalue weighted by atomic mass is 9.78. The average Bonchev–Trinajstić information content (AvgIpc) is 3.38. The molecule has 14 nitrogen and oxygen atoms in total. The second-order valence-corrected chi connectivity index (χ2v) is 14.2. The van der Waals surface area contributed by atoms with Crippen LogP contribution in [-0.2, 0) is 30.3 Å². The molecule has 53 heavy (non-hydrogen) atoms. The van der Waals surface area contributed by atoms with Crippen molar-refractivity contribution in [2.24, 2.45) is 23.7 Å². The first-order chi connectivity index (χ1) is 24.8. The summed E-state index contributed by atoms with van der Waals surface area (Å²) in [5, 5.41) is 62.4. The van der Waals surface area contributed by atoms with Crippen LogP contribution in [0, 0.1) is 30.6 Å². The summed E-state index contributed by atoms with van der Waals surface area (Å²) in [6, 6.07) is 0. The van der Waals surface area contributed by atoms with E-state index in [1.807, 2.05) is 0 Å². The molecule has 2 aromatic rings. The largest absolute Gasteiger partial charge is 0.507 e. The van der Waals surface area contributed by atoms with E-state index >= 15 is 0 Å². The number of allylic oxidation sites excluding steroid dienone is 2. The number of hydrogen-bond acceptors (Lipinski definition) is 13. The predicted octanol–water partition coefficient (Wildman–Crippen LogP) is 4.47. The van der Waals surface area contributed by atoms with E-state index < -0.39 is 88.8 Å². The molecule has 5 bridgehead atoms. The van der Waals surface area contributed by atoms with Gasteiger partial charge in [-0.3, -0.25) is 14.4 Å².